The van der Waals surface area contributed by atoms with Crippen LogP contribution in [0.2, 0.25) is 0 Å². The van der Waals surface area contributed by atoms with Crippen LogP contribution in [0.5, 0.6) is 0 Å². The molecule has 0 aliphatic carbocycles. The number of nitrogens with one attached hydrogen (secondary N) is 3. The highest BCUT2D eigenvalue weighted by molar-refractivity contribution is 5.48. The molecule has 3 N–H and O–H groups in total. The second-order valence-corrected chi connectivity index (χ2v) is 2.70. The monoisotopic (exact) mass is 203 g/mol. The van der Waals surface area contributed by atoms with Gasteiger partial charge in [0.15, 0.2) is 23.3 Å². The van der Waals surface area contributed by atoms with Crippen molar-refractivity contribution < 1.29 is 0 Å². The number of aromatic nitrogens is 9. The number of aromatic amines is 3. The zero-order valence-electron chi connectivity index (χ0n) is 7.34. The summed E-state index contributed by atoms with van der Waals surface area (Å²) in [7, 11) is 0. The number of hydrogen-bond donors (Lipinski definition) is 3. The van der Waals surface area contributed by atoms with Gasteiger partial charge in [0.25, 0.3) is 0 Å². The SMILES string of the molecule is c1nnc(-c2nnc(-c3nnc[nH]3)[nH]2)[nH]1. The molecule has 0 amide bonds. The molecule has 3 rings (SSSR count). The van der Waals surface area contributed by atoms with Crippen molar-refractivity contribution in [2.45, 2.75) is 0 Å². The average molecular weight is 203 g/mol. The van der Waals surface area contributed by atoms with Crippen LogP contribution < -0.4 is 0 Å². The van der Waals surface area contributed by atoms with Gasteiger partial charge in [0, 0.05) is 0 Å². The van der Waals surface area contributed by atoms with Crippen LogP contribution in [-0.4, -0.2) is 45.5 Å². The fourth-order valence-electron chi connectivity index (χ4n) is 1.12. The Morgan fingerprint density at radius 1 is 0.667 bits per heavy atom. The molecule has 0 aliphatic rings. The highest BCUT2D eigenvalue weighted by Crippen LogP contribution is 2.11. The highest BCUT2D eigenvalue weighted by atomic mass is 15.3. The quantitative estimate of drug-likeness (QED) is 0.509. The molecule has 0 bridgehead atoms. The predicted molar refractivity (Wildman–Crippen MR) is 47.1 cm³/mol. The lowest BCUT2D eigenvalue weighted by molar-refractivity contribution is 1.04. The van der Waals surface area contributed by atoms with E-state index in [4.69, 9.17) is 0 Å². The van der Waals surface area contributed by atoms with Gasteiger partial charge in [0.05, 0.1) is 0 Å². The largest absolute Gasteiger partial charge is 0.325 e. The molecular weight excluding hydrogens is 198 g/mol. The number of rotatable bonds is 2. The maximum Gasteiger partial charge on any atom is 0.199 e. The summed E-state index contributed by atoms with van der Waals surface area (Å²) < 4.78 is 0. The Hall–Kier alpha value is -2.58. The summed E-state index contributed by atoms with van der Waals surface area (Å²) >= 11 is 0. The van der Waals surface area contributed by atoms with Crippen LogP contribution in [0.15, 0.2) is 12.7 Å². The summed E-state index contributed by atoms with van der Waals surface area (Å²) in [6, 6.07) is 0. The van der Waals surface area contributed by atoms with Crippen molar-refractivity contribution >= 4 is 0 Å². The third-order valence-corrected chi connectivity index (χ3v) is 1.77. The van der Waals surface area contributed by atoms with Gasteiger partial charge in [-0.25, -0.2) is 0 Å². The number of nitrogens with zero attached hydrogens (tertiary/aromatic N) is 6. The molecule has 0 saturated carbocycles. The van der Waals surface area contributed by atoms with Crippen molar-refractivity contribution in [3.05, 3.63) is 12.7 Å². The first-order chi connectivity index (χ1) is 7.43. The minimum absolute atomic E-state index is 0.499. The molecule has 0 aliphatic heterocycles. The van der Waals surface area contributed by atoms with Crippen molar-refractivity contribution in [2.75, 3.05) is 0 Å². The number of hydrogen-bond acceptors (Lipinski definition) is 6. The Kier molecular flexibility index (Phi) is 1.54. The van der Waals surface area contributed by atoms with Gasteiger partial charge in [-0.2, -0.15) is 0 Å². The zero-order chi connectivity index (χ0) is 10.1. The van der Waals surface area contributed by atoms with E-state index < -0.39 is 0 Å². The molecule has 0 aromatic carbocycles. The lowest BCUT2D eigenvalue weighted by Crippen LogP contribution is -1.84. The highest BCUT2D eigenvalue weighted by Gasteiger charge is 2.10. The molecule has 0 radical (unpaired) electrons. The zero-order valence-corrected chi connectivity index (χ0v) is 7.34. The van der Waals surface area contributed by atoms with Crippen LogP contribution in [0.25, 0.3) is 23.3 Å². The van der Waals surface area contributed by atoms with E-state index in [0.717, 1.165) is 0 Å². The molecule has 0 saturated heterocycles. The summed E-state index contributed by atoms with van der Waals surface area (Å²) in [5.41, 5.74) is 0. The van der Waals surface area contributed by atoms with E-state index in [1.807, 2.05) is 0 Å². The fraction of sp³-hybridized carbons (Fsp3) is 0. The van der Waals surface area contributed by atoms with Gasteiger partial charge in [-0.3, -0.25) is 0 Å². The lowest BCUT2D eigenvalue weighted by atomic mass is 10.5. The van der Waals surface area contributed by atoms with E-state index in [0.29, 0.717) is 23.3 Å². The van der Waals surface area contributed by atoms with Crippen molar-refractivity contribution in [3.63, 3.8) is 0 Å². The summed E-state index contributed by atoms with van der Waals surface area (Å²) in [6.45, 7) is 0. The van der Waals surface area contributed by atoms with Gasteiger partial charge < -0.3 is 15.0 Å². The predicted octanol–water partition coefficient (Wildman–Crippen LogP) is -0.625. The Morgan fingerprint density at radius 3 is 1.60 bits per heavy atom. The molecule has 0 unspecified atom stereocenters. The molecule has 9 heteroatoms. The lowest BCUT2D eigenvalue weighted by Gasteiger charge is -1.85. The molecule has 74 valence electrons. The molecule has 3 aromatic heterocycles. The minimum Gasteiger partial charge on any atom is -0.325 e. The standard InChI is InChI=1S/C6H5N9/c1-7-3(12-9-1)5-11-6(15-14-5)4-8-2-10-13-4/h1-2H,(H,7,9,12)(H,8,10,13)(H,11,14,15). The van der Waals surface area contributed by atoms with Crippen molar-refractivity contribution in [1.82, 2.24) is 45.5 Å². The van der Waals surface area contributed by atoms with Crippen molar-refractivity contribution in [2.24, 2.45) is 0 Å². The molecule has 0 atom stereocenters. The molecular formula is C6H5N9. The van der Waals surface area contributed by atoms with Gasteiger partial charge in [0.1, 0.15) is 12.7 Å². The van der Waals surface area contributed by atoms with E-state index >= 15 is 0 Å². The Morgan fingerprint density at radius 2 is 1.20 bits per heavy atom. The maximum absolute atomic E-state index is 3.89. The summed E-state index contributed by atoms with van der Waals surface area (Å²) in [4.78, 5) is 8.55. The van der Waals surface area contributed by atoms with Gasteiger partial charge in [-0.1, -0.05) is 0 Å². The van der Waals surface area contributed by atoms with Gasteiger partial charge >= 0.3 is 0 Å². The average Bonchev–Trinajstić information content (AvgIpc) is 3.02. The van der Waals surface area contributed by atoms with E-state index in [2.05, 4.69) is 45.5 Å². The van der Waals surface area contributed by atoms with Crippen LogP contribution in [0, 0.1) is 0 Å². The van der Waals surface area contributed by atoms with Gasteiger partial charge in [-0.05, 0) is 0 Å². The molecule has 15 heavy (non-hydrogen) atoms. The topological polar surface area (TPSA) is 125 Å². The molecule has 0 spiro atoms. The number of H-pyrrole nitrogens is 3. The summed E-state index contributed by atoms with van der Waals surface area (Å²) in [6.07, 6.45) is 2.93. The smallest absolute Gasteiger partial charge is 0.199 e. The maximum atomic E-state index is 3.89. The second-order valence-electron chi connectivity index (χ2n) is 2.70. The molecule has 9 nitrogen and oxygen atoms in total. The van der Waals surface area contributed by atoms with Gasteiger partial charge in [-0.15, -0.1) is 30.6 Å². The normalized spacial score (nSPS) is 10.7. The minimum atomic E-state index is 0.499. The first-order valence-electron chi connectivity index (χ1n) is 4.09. The van der Waals surface area contributed by atoms with Crippen molar-refractivity contribution in [1.29, 1.82) is 0 Å². The third-order valence-electron chi connectivity index (χ3n) is 1.77. The van der Waals surface area contributed by atoms with Crippen molar-refractivity contribution in [3.8, 4) is 23.3 Å². The Balaban J connectivity index is 2.02. The van der Waals surface area contributed by atoms with E-state index in [9.17, 15) is 0 Å². The van der Waals surface area contributed by atoms with E-state index in [1.54, 1.807) is 0 Å². The molecule has 3 aromatic rings. The van der Waals surface area contributed by atoms with Crippen LogP contribution in [-0.2, 0) is 0 Å². The first-order valence-corrected chi connectivity index (χ1v) is 4.09. The Bertz CT molecular complexity index is 484. The molecule has 3 heterocycles. The summed E-state index contributed by atoms with van der Waals surface area (Å²) in [5.74, 6) is 2.04. The fourth-order valence-corrected chi connectivity index (χ4v) is 1.12. The van der Waals surface area contributed by atoms with E-state index in [1.165, 1.54) is 12.7 Å². The molecule has 0 fully saturated rings. The first kappa shape index (κ1) is 7.79. The van der Waals surface area contributed by atoms with Crippen LogP contribution in [0.4, 0.5) is 0 Å². The van der Waals surface area contributed by atoms with Crippen LogP contribution >= 0.6 is 0 Å². The third kappa shape index (κ3) is 1.25. The van der Waals surface area contributed by atoms with Gasteiger partial charge in [0.2, 0.25) is 0 Å². The second kappa shape index (κ2) is 2.97. The Labute approximate surface area is 82.4 Å². The van der Waals surface area contributed by atoms with Crippen LogP contribution in [0.3, 0.4) is 0 Å². The summed E-state index contributed by atoms with van der Waals surface area (Å²) in [5, 5.41) is 22.6. The van der Waals surface area contributed by atoms with E-state index in [-0.39, 0.29) is 0 Å². The van der Waals surface area contributed by atoms with Crippen LogP contribution in [0.1, 0.15) is 0 Å².